The lowest BCUT2D eigenvalue weighted by Gasteiger charge is -1.99. The summed E-state index contributed by atoms with van der Waals surface area (Å²) < 4.78 is 8.38. The highest BCUT2D eigenvalue weighted by atomic mass is 35.5. The highest BCUT2D eigenvalue weighted by Crippen LogP contribution is 2.26. The van der Waals surface area contributed by atoms with Crippen molar-refractivity contribution in [1.82, 2.24) is 8.75 Å². The van der Waals surface area contributed by atoms with Crippen molar-refractivity contribution >= 4 is 34.4 Å². The molecule has 0 N–H and O–H groups in total. The van der Waals surface area contributed by atoms with Crippen molar-refractivity contribution in [3.8, 4) is 0 Å². The van der Waals surface area contributed by atoms with Crippen LogP contribution in [0, 0.1) is 13.8 Å². The van der Waals surface area contributed by atoms with Gasteiger partial charge in [0.05, 0.1) is 11.7 Å². The van der Waals surface area contributed by atoms with Crippen LogP contribution >= 0.6 is 23.3 Å². The summed E-state index contributed by atoms with van der Waals surface area (Å²) in [5.74, 6) is 0. The van der Waals surface area contributed by atoms with E-state index in [2.05, 4.69) is 8.75 Å². The van der Waals surface area contributed by atoms with Gasteiger partial charge in [-0.05, 0) is 31.0 Å². The molecule has 1 aromatic carbocycles. The molecule has 0 radical (unpaired) electrons. The summed E-state index contributed by atoms with van der Waals surface area (Å²) in [7, 11) is 0. The summed E-state index contributed by atoms with van der Waals surface area (Å²) in [6, 6.07) is 1.93. The Hall–Kier alpha value is -0.670. The van der Waals surface area contributed by atoms with Crippen LogP contribution in [0.5, 0.6) is 0 Å². The summed E-state index contributed by atoms with van der Waals surface area (Å²) in [6.45, 7) is 3.96. The van der Waals surface area contributed by atoms with Gasteiger partial charge in [-0.1, -0.05) is 11.6 Å². The molecule has 2 rings (SSSR count). The van der Waals surface area contributed by atoms with E-state index in [0.29, 0.717) is 0 Å². The predicted octanol–water partition coefficient (Wildman–Crippen LogP) is 2.96. The molecule has 0 aliphatic heterocycles. The van der Waals surface area contributed by atoms with Gasteiger partial charge in [0.15, 0.2) is 0 Å². The Morgan fingerprint density at radius 2 is 1.92 bits per heavy atom. The standard InChI is InChI=1S/C8H7ClN2S/c1-4-3-6(9)5(2)8-7(4)10-12-11-8/h3H,1-2H3. The molecule has 0 atom stereocenters. The monoisotopic (exact) mass is 198 g/mol. The molecule has 62 valence electrons. The van der Waals surface area contributed by atoms with E-state index in [4.69, 9.17) is 11.6 Å². The fourth-order valence-corrected chi connectivity index (χ4v) is 2.08. The van der Waals surface area contributed by atoms with Gasteiger partial charge in [-0.25, -0.2) is 0 Å². The first-order chi connectivity index (χ1) is 5.70. The quantitative estimate of drug-likeness (QED) is 0.651. The van der Waals surface area contributed by atoms with Crippen molar-refractivity contribution in [2.75, 3.05) is 0 Å². The van der Waals surface area contributed by atoms with Crippen LogP contribution in [0.4, 0.5) is 0 Å². The van der Waals surface area contributed by atoms with Crippen molar-refractivity contribution in [3.63, 3.8) is 0 Å². The Bertz CT molecular complexity index is 436. The third kappa shape index (κ3) is 1.01. The lowest BCUT2D eigenvalue weighted by molar-refractivity contribution is 1.42. The van der Waals surface area contributed by atoms with Gasteiger partial charge < -0.3 is 0 Å². The van der Waals surface area contributed by atoms with Gasteiger partial charge in [0.25, 0.3) is 0 Å². The topological polar surface area (TPSA) is 25.8 Å². The van der Waals surface area contributed by atoms with Gasteiger partial charge in [-0.15, -0.1) is 0 Å². The van der Waals surface area contributed by atoms with Gasteiger partial charge in [-0.2, -0.15) is 8.75 Å². The fourth-order valence-electron chi connectivity index (χ4n) is 1.17. The zero-order valence-corrected chi connectivity index (χ0v) is 8.33. The molecule has 0 saturated carbocycles. The number of aromatic nitrogens is 2. The van der Waals surface area contributed by atoms with E-state index in [0.717, 1.165) is 27.2 Å². The van der Waals surface area contributed by atoms with Gasteiger partial charge in [0, 0.05) is 5.02 Å². The Morgan fingerprint density at radius 3 is 2.67 bits per heavy atom. The average molecular weight is 199 g/mol. The van der Waals surface area contributed by atoms with Crippen LogP contribution < -0.4 is 0 Å². The van der Waals surface area contributed by atoms with Crippen molar-refractivity contribution in [2.24, 2.45) is 0 Å². The number of halogens is 1. The Balaban J connectivity index is 2.97. The van der Waals surface area contributed by atoms with E-state index < -0.39 is 0 Å². The molecule has 2 aromatic rings. The van der Waals surface area contributed by atoms with Crippen molar-refractivity contribution in [3.05, 3.63) is 22.2 Å². The van der Waals surface area contributed by atoms with Crippen molar-refractivity contribution in [2.45, 2.75) is 13.8 Å². The van der Waals surface area contributed by atoms with Crippen LogP contribution in [0.3, 0.4) is 0 Å². The molecule has 1 aromatic heterocycles. The predicted molar refractivity (Wildman–Crippen MR) is 51.9 cm³/mol. The summed E-state index contributed by atoms with van der Waals surface area (Å²) >= 11 is 7.22. The maximum absolute atomic E-state index is 5.99. The minimum absolute atomic E-state index is 0.771. The maximum atomic E-state index is 5.99. The fraction of sp³-hybridized carbons (Fsp3) is 0.250. The van der Waals surface area contributed by atoms with E-state index in [1.807, 2.05) is 19.9 Å². The van der Waals surface area contributed by atoms with Crippen LogP contribution in [-0.2, 0) is 0 Å². The van der Waals surface area contributed by atoms with Gasteiger partial charge >= 0.3 is 0 Å². The first-order valence-electron chi connectivity index (χ1n) is 3.58. The Labute approximate surface area is 79.5 Å². The number of benzene rings is 1. The lowest BCUT2D eigenvalue weighted by Crippen LogP contribution is -1.83. The second-order valence-electron chi connectivity index (χ2n) is 2.76. The molecule has 2 nitrogen and oxygen atoms in total. The first-order valence-corrected chi connectivity index (χ1v) is 4.69. The molecule has 12 heavy (non-hydrogen) atoms. The highest BCUT2D eigenvalue weighted by Gasteiger charge is 2.08. The Kier molecular flexibility index (Phi) is 1.77. The third-order valence-electron chi connectivity index (χ3n) is 1.92. The molecular formula is C8H7ClN2S. The van der Waals surface area contributed by atoms with Gasteiger partial charge in [0.2, 0.25) is 0 Å². The van der Waals surface area contributed by atoms with E-state index in [1.54, 1.807) is 0 Å². The number of nitrogens with zero attached hydrogens (tertiary/aromatic N) is 2. The van der Waals surface area contributed by atoms with Gasteiger partial charge in [0.1, 0.15) is 11.0 Å². The minimum Gasteiger partial charge on any atom is -0.173 e. The largest absolute Gasteiger partial charge is 0.173 e. The van der Waals surface area contributed by atoms with Crippen LogP contribution in [0.25, 0.3) is 11.0 Å². The third-order valence-corrected chi connectivity index (χ3v) is 2.84. The minimum atomic E-state index is 0.771. The van der Waals surface area contributed by atoms with Crippen molar-refractivity contribution < 1.29 is 0 Å². The number of rotatable bonds is 0. The van der Waals surface area contributed by atoms with E-state index in [-0.39, 0.29) is 0 Å². The van der Waals surface area contributed by atoms with E-state index >= 15 is 0 Å². The highest BCUT2D eigenvalue weighted by molar-refractivity contribution is 7.00. The molecule has 0 aliphatic carbocycles. The summed E-state index contributed by atoms with van der Waals surface area (Å²) in [4.78, 5) is 0. The molecule has 0 fully saturated rings. The normalized spacial score (nSPS) is 10.9. The first kappa shape index (κ1) is 7.95. The summed E-state index contributed by atoms with van der Waals surface area (Å²) in [6.07, 6.45) is 0. The Morgan fingerprint density at radius 1 is 1.25 bits per heavy atom. The van der Waals surface area contributed by atoms with Crippen LogP contribution in [-0.4, -0.2) is 8.75 Å². The SMILES string of the molecule is Cc1cc(Cl)c(C)c2nsnc12. The van der Waals surface area contributed by atoms with Crippen LogP contribution in [0.2, 0.25) is 5.02 Å². The smallest absolute Gasteiger partial charge is 0.109 e. The molecule has 1 heterocycles. The zero-order valence-electron chi connectivity index (χ0n) is 6.76. The van der Waals surface area contributed by atoms with Crippen molar-refractivity contribution in [1.29, 1.82) is 0 Å². The molecule has 4 heteroatoms. The second-order valence-corrected chi connectivity index (χ2v) is 3.70. The molecular weight excluding hydrogens is 192 g/mol. The zero-order chi connectivity index (χ0) is 8.72. The van der Waals surface area contributed by atoms with Crippen LogP contribution in [0.15, 0.2) is 6.07 Å². The molecule has 0 aliphatic rings. The summed E-state index contributed by atoms with van der Waals surface area (Å²) in [5.41, 5.74) is 4.02. The van der Waals surface area contributed by atoms with E-state index in [1.165, 1.54) is 11.7 Å². The molecule has 0 saturated heterocycles. The molecule has 0 bridgehead atoms. The lowest BCUT2D eigenvalue weighted by atomic mass is 10.1. The van der Waals surface area contributed by atoms with Gasteiger partial charge in [-0.3, -0.25) is 0 Å². The maximum Gasteiger partial charge on any atom is 0.109 e. The van der Waals surface area contributed by atoms with Crippen LogP contribution in [0.1, 0.15) is 11.1 Å². The average Bonchev–Trinajstić information content (AvgIpc) is 2.48. The number of hydrogen-bond donors (Lipinski definition) is 0. The molecule has 0 spiro atoms. The number of aryl methyl sites for hydroxylation is 2. The summed E-state index contributed by atoms with van der Waals surface area (Å²) in [5, 5.41) is 0.771. The van der Waals surface area contributed by atoms with E-state index in [9.17, 15) is 0 Å². The number of fused-ring (bicyclic) bond motifs is 1. The number of hydrogen-bond acceptors (Lipinski definition) is 3. The molecule has 0 unspecified atom stereocenters. The molecule has 0 amide bonds. The second kappa shape index (κ2) is 2.68.